The summed E-state index contributed by atoms with van der Waals surface area (Å²) in [7, 11) is -3.45. The van der Waals surface area contributed by atoms with Crippen LogP contribution in [-0.2, 0) is 25.1 Å². The van der Waals surface area contributed by atoms with Gasteiger partial charge in [0.1, 0.15) is 5.75 Å². The predicted octanol–water partition coefficient (Wildman–Crippen LogP) is 1.24. The minimum absolute atomic E-state index is 0.0606. The van der Waals surface area contributed by atoms with Crippen molar-refractivity contribution in [3.63, 3.8) is 0 Å². The largest absolute Gasteiger partial charge is 0.372 e. The third kappa shape index (κ3) is 4.82. The molecule has 0 N–H and O–H groups in total. The lowest BCUT2D eigenvalue weighted by molar-refractivity contribution is -0.140. The number of benzene rings is 1. The Balaban J connectivity index is 1.98. The minimum atomic E-state index is -3.45. The van der Waals surface area contributed by atoms with E-state index in [1.54, 1.807) is 29.2 Å². The average Bonchev–Trinajstić information content (AvgIpc) is 2.37. The summed E-state index contributed by atoms with van der Waals surface area (Å²) >= 11 is 0. The van der Waals surface area contributed by atoms with Crippen LogP contribution in [-0.4, -0.2) is 50.3 Å². The Morgan fingerprint density at radius 1 is 1.19 bits per heavy atom. The Kier molecular flexibility index (Phi) is 5.00. The van der Waals surface area contributed by atoms with E-state index < -0.39 is 15.6 Å². The maximum atomic E-state index is 12.2. The molecule has 0 spiro atoms. The molecule has 0 unspecified atom stereocenters. The molecule has 5 nitrogen and oxygen atoms in total. The third-order valence-corrected chi connectivity index (χ3v) is 4.81. The highest BCUT2D eigenvalue weighted by Crippen LogP contribution is 2.13. The van der Waals surface area contributed by atoms with Crippen LogP contribution in [0.5, 0.6) is 0 Å². The molecule has 0 bridgehead atoms. The molecule has 1 aliphatic rings. The molecule has 21 heavy (non-hydrogen) atoms. The van der Waals surface area contributed by atoms with Crippen LogP contribution in [0.4, 0.5) is 0 Å². The van der Waals surface area contributed by atoms with Crippen LogP contribution < -0.4 is 0 Å². The summed E-state index contributed by atoms with van der Waals surface area (Å²) < 4.78 is 29.8. The highest BCUT2D eigenvalue weighted by molar-refractivity contribution is 7.91. The molecule has 0 aliphatic carbocycles. The number of nitrogens with zero attached hydrogens (tertiary/aromatic N) is 1. The van der Waals surface area contributed by atoms with E-state index in [2.05, 4.69) is 0 Å². The van der Waals surface area contributed by atoms with Crippen LogP contribution >= 0.6 is 0 Å². The van der Waals surface area contributed by atoms with Crippen molar-refractivity contribution < 1.29 is 17.9 Å². The Labute approximate surface area is 125 Å². The molecule has 2 atom stereocenters. The number of amides is 1. The smallest absolute Gasteiger partial charge is 0.237 e. The van der Waals surface area contributed by atoms with Gasteiger partial charge in [-0.25, -0.2) is 8.42 Å². The van der Waals surface area contributed by atoms with E-state index in [1.807, 2.05) is 19.9 Å². The summed E-state index contributed by atoms with van der Waals surface area (Å²) in [6.07, 6.45) is -0.121. The van der Waals surface area contributed by atoms with Crippen molar-refractivity contribution >= 4 is 15.7 Å². The predicted molar refractivity (Wildman–Crippen MR) is 80.5 cm³/mol. The lowest BCUT2D eigenvalue weighted by atomic mass is 10.2. The molecule has 1 saturated heterocycles. The Morgan fingerprint density at radius 3 is 2.33 bits per heavy atom. The number of sulfone groups is 1. The van der Waals surface area contributed by atoms with Crippen LogP contribution in [0.1, 0.15) is 19.4 Å². The fourth-order valence-corrected chi connectivity index (χ4v) is 3.90. The number of hydrogen-bond acceptors (Lipinski definition) is 4. The second-order valence-electron chi connectivity index (χ2n) is 5.57. The third-order valence-electron chi connectivity index (χ3n) is 3.35. The van der Waals surface area contributed by atoms with Gasteiger partial charge in [-0.3, -0.25) is 4.79 Å². The van der Waals surface area contributed by atoms with Crippen molar-refractivity contribution in [3.05, 3.63) is 35.9 Å². The topological polar surface area (TPSA) is 63.7 Å². The maximum absolute atomic E-state index is 12.2. The van der Waals surface area contributed by atoms with Crippen LogP contribution in [0, 0.1) is 0 Å². The Morgan fingerprint density at radius 2 is 1.76 bits per heavy atom. The number of hydrogen-bond donors (Lipinski definition) is 0. The number of morpholine rings is 1. The molecular formula is C15H21NO4S. The van der Waals surface area contributed by atoms with Gasteiger partial charge in [-0.05, 0) is 19.4 Å². The minimum Gasteiger partial charge on any atom is -0.372 e. The average molecular weight is 311 g/mol. The van der Waals surface area contributed by atoms with E-state index in [4.69, 9.17) is 4.74 Å². The highest BCUT2D eigenvalue weighted by Gasteiger charge is 2.28. The van der Waals surface area contributed by atoms with Gasteiger partial charge in [-0.15, -0.1) is 0 Å². The maximum Gasteiger partial charge on any atom is 0.237 e. The molecule has 1 aromatic rings. The lowest BCUT2D eigenvalue weighted by Gasteiger charge is -2.35. The summed E-state index contributed by atoms with van der Waals surface area (Å²) in [6.45, 7) is 4.66. The van der Waals surface area contributed by atoms with E-state index in [-0.39, 0.29) is 23.9 Å². The Hall–Kier alpha value is -1.40. The standard InChI is InChI=1S/C15H21NO4S/c1-12-8-16(9-13(2)20-12)15(17)11-21(18,19)10-14-6-4-3-5-7-14/h3-7,12-13H,8-11H2,1-2H3/t12-,13+. The summed E-state index contributed by atoms with van der Waals surface area (Å²) in [5.74, 6) is -0.885. The molecule has 1 heterocycles. The zero-order valence-corrected chi connectivity index (χ0v) is 13.2. The summed E-state index contributed by atoms with van der Waals surface area (Å²) in [5, 5.41) is 0. The summed E-state index contributed by atoms with van der Waals surface area (Å²) in [4.78, 5) is 13.8. The van der Waals surface area contributed by atoms with Gasteiger partial charge < -0.3 is 9.64 Å². The van der Waals surface area contributed by atoms with Crippen LogP contribution in [0.3, 0.4) is 0 Å². The quantitative estimate of drug-likeness (QED) is 0.839. The summed E-state index contributed by atoms with van der Waals surface area (Å²) in [6, 6.07) is 8.91. The van der Waals surface area contributed by atoms with Gasteiger partial charge >= 0.3 is 0 Å². The van der Waals surface area contributed by atoms with Gasteiger partial charge in [0.2, 0.25) is 5.91 Å². The van der Waals surface area contributed by atoms with Crippen molar-refractivity contribution in [1.82, 2.24) is 4.90 Å². The molecule has 2 rings (SSSR count). The van der Waals surface area contributed by atoms with E-state index in [0.717, 1.165) is 0 Å². The monoisotopic (exact) mass is 311 g/mol. The van der Waals surface area contributed by atoms with E-state index in [0.29, 0.717) is 18.7 Å². The number of rotatable bonds is 4. The Bertz CT molecular complexity index is 575. The zero-order valence-electron chi connectivity index (χ0n) is 12.4. The first-order valence-electron chi connectivity index (χ1n) is 7.03. The van der Waals surface area contributed by atoms with Crippen molar-refractivity contribution in [2.75, 3.05) is 18.8 Å². The normalized spacial score (nSPS) is 23.0. The highest BCUT2D eigenvalue weighted by atomic mass is 32.2. The lowest BCUT2D eigenvalue weighted by Crippen LogP contribution is -2.49. The molecule has 0 radical (unpaired) electrons. The van der Waals surface area contributed by atoms with E-state index in [1.165, 1.54) is 0 Å². The van der Waals surface area contributed by atoms with Crippen molar-refractivity contribution in [2.24, 2.45) is 0 Å². The molecule has 1 amide bonds. The van der Waals surface area contributed by atoms with Crippen LogP contribution in [0.15, 0.2) is 30.3 Å². The molecule has 1 aromatic carbocycles. The van der Waals surface area contributed by atoms with Gasteiger partial charge in [0.05, 0.1) is 18.0 Å². The second kappa shape index (κ2) is 6.58. The molecule has 6 heteroatoms. The fraction of sp³-hybridized carbons (Fsp3) is 0.533. The molecule has 1 aliphatic heterocycles. The first kappa shape index (κ1) is 16.0. The van der Waals surface area contributed by atoms with E-state index in [9.17, 15) is 13.2 Å². The van der Waals surface area contributed by atoms with Gasteiger partial charge in [0, 0.05) is 13.1 Å². The molecular weight excluding hydrogens is 290 g/mol. The van der Waals surface area contributed by atoms with Crippen molar-refractivity contribution in [1.29, 1.82) is 0 Å². The molecule has 0 aromatic heterocycles. The van der Waals surface area contributed by atoms with Gasteiger partial charge in [-0.1, -0.05) is 30.3 Å². The second-order valence-corrected chi connectivity index (χ2v) is 7.64. The van der Waals surface area contributed by atoms with E-state index >= 15 is 0 Å². The van der Waals surface area contributed by atoms with Crippen LogP contribution in [0.2, 0.25) is 0 Å². The number of ether oxygens (including phenoxy) is 1. The first-order chi connectivity index (χ1) is 9.85. The number of carbonyl (C=O) groups is 1. The van der Waals surface area contributed by atoms with Crippen LogP contribution in [0.25, 0.3) is 0 Å². The first-order valence-corrected chi connectivity index (χ1v) is 8.85. The van der Waals surface area contributed by atoms with Gasteiger partial charge in [0.15, 0.2) is 9.84 Å². The number of carbonyl (C=O) groups excluding carboxylic acids is 1. The van der Waals surface area contributed by atoms with Crippen molar-refractivity contribution in [3.8, 4) is 0 Å². The van der Waals surface area contributed by atoms with Gasteiger partial charge in [0.25, 0.3) is 0 Å². The molecule has 116 valence electrons. The fourth-order valence-electron chi connectivity index (χ4n) is 2.54. The zero-order chi connectivity index (χ0) is 15.5. The SMILES string of the molecule is C[C@@H]1CN(C(=O)CS(=O)(=O)Cc2ccccc2)C[C@H](C)O1. The van der Waals surface area contributed by atoms with Gasteiger partial charge in [-0.2, -0.15) is 0 Å². The molecule has 0 saturated carbocycles. The summed E-state index contributed by atoms with van der Waals surface area (Å²) in [5.41, 5.74) is 0.703. The van der Waals surface area contributed by atoms with Crippen molar-refractivity contribution in [2.45, 2.75) is 31.8 Å². The molecule has 1 fully saturated rings.